The van der Waals surface area contributed by atoms with Crippen LogP contribution in [-0.4, -0.2) is 5.91 Å². The Morgan fingerprint density at radius 3 is 2.59 bits per heavy atom. The van der Waals surface area contributed by atoms with E-state index in [1.54, 1.807) is 5.38 Å². The molecule has 0 saturated heterocycles. The largest absolute Gasteiger partial charge is 0.418 e. The molecule has 1 aromatic heterocycles. The number of alkyl halides is 3. The van der Waals surface area contributed by atoms with E-state index < -0.39 is 17.6 Å². The van der Waals surface area contributed by atoms with Crippen molar-refractivity contribution in [2.45, 2.75) is 46.2 Å². The molecular weight excluding hydrogens is 395 g/mol. The highest BCUT2D eigenvalue weighted by Gasteiger charge is 2.35. The van der Waals surface area contributed by atoms with Gasteiger partial charge >= 0.3 is 6.18 Å². The second kappa shape index (κ2) is 7.13. The first-order valence-corrected chi connectivity index (χ1v) is 10.00. The van der Waals surface area contributed by atoms with Gasteiger partial charge in [-0.15, -0.1) is 11.3 Å². The highest BCUT2D eigenvalue weighted by molar-refractivity contribution is 7.10. The number of halogens is 4. The van der Waals surface area contributed by atoms with Gasteiger partial charge in [-0.2, -0.15) is 13.2 Å². The quantitative estimate of drug-likeness (QED) is 0.572. The zero-order valence-corrected chi connectivity index (χ0v) is 16.9. The minimum atomic E-state index is -4.60. The number of rotatable bonds is 2. The van der Waals surface area contributed by atoms with Crippen LogP contribution in [0.4, 0.5) is 18.9 Å². The summed E-state index contributed by atoms with van der Waals surface area (Å²) in [5.41, 5.74) is 0.418. The van der Waals surface area contributed by atoms with E-state index in [1.807, 2.05) is 0 Å². The smallest absolute Gasteiger partial charge is 0.321 e. The number of thiophene rings is 1. The maximum atomic E-state index is 13.2. The lowest BCUT2D eigenvalue weighted by atomic mass is 9.72. The summed E-state index contributed by atoms with van der Waals surface area (Å²) in [6.07, 6.45) is -1.94. The zero-order chi connectivity index (χ0) is 20.0. The fraction of sp³-hybridized carbons (Fsp3) is 0.450. The maximum Gasteiger partial charge on any atom is 0.418 e. The predicted octanol–water partition coefficient (Wildman–Crippen LogP) is 6.82. The van der Waals surface area contributed by atoms with Crippen LogP contribution < -0.4 is 5.32 Å². The third kappa shape index (κ3) is 4.32. The van der Waals surface area contributed by atoms with E-state index in [2.05, 4.69) is 26.1 Å². The normalized spacial score (nSPS) is 17.5. The number of carbonyl (C=O) groups is 1. The standard InChI is InChI=1S/C20H21ClF3NOS/c1-19(2,3)11-4-6-13-14(10-27-17(13)8-11)18(26)25-16-7-5-12(21)9-15(16)20(22,23)24/h5,7,9-11H,4,6,8H2,1-3H3,(H,25,26)/t11-/m0/s1. The van der Waals surface area contributed by atoms with Crippen LogP contribution in [0.2, 0.25) is 5.02 Å². The fourth-order valence-electron chi connectivity index (χ4n) is 3.49. The lowest BCUT2D eigenvalue weighted by Gasteiger charge is -2.34. The summed E-state index contributed by atoms with van der Waals surface area (Å²) in [4.78, 5) is 13.9. The summed E-state index contributed by atoms with van der Waals surface area (Å²) in [5.74, 6) is 0.0298. The molecule has 0 radical (unpaired) electrons. The molecule has 0 unspecified atom stereocenters. The molecule has 27 heavy (non-hydrogen) atoms. The molecule has 1 heterocycles. The number of nitrogens with one attached hydrogen (secondary N) is 1. The molecule has 1 atom stereocenters. The molecule has 0 spiro atoms. The zero-order valence-electron chi connectivity index (χ0n) is 15.3. The summed E-state index contributed by atoms with van der Waals surface area (Å²) >= 11 is 7.21. The highest BCUT2D eigenvalue weighted by atomic mass is 35.5. The van der Waals surface area contributed by atoms with Gasteiger partial charge in [-0.1, -0.05) is 32.4 Å². The molecule has 1 aliphatic rings. The SMILES string of the molecule is CC(C)(C)[C@H]1CCc2c(C(=O)Nc3ccc(Cl)cc3C(F)(F)F)csc2C1. The molecule has 1 aliphatic carbocycles. The van der Waals surface area contributed by atoms with Gasteiger partial charge in [0.25, 0.3) is 5.91 Å². The van der Waals surface area contributed by atoms with E-state index in [0.29, 0.717) is 11.5 Å². The molecule has 1 aromatic carbocycles. The Balaban J connectivity index is 1.85. The van der Waals surface area contributed by atoms with Crippen molar-refractivity contribution in [2.75, 3.05) is 5.32 Å². The van der Waals surface area contributed by atoms with Crippen molar-refractivity contribution in [3.8, 4) is 0 Å². The molecule has 2 nitrogen and oxygen atoms in total. The molecule has 2 aromatic rings. The van der Waals surface area contributed by atoms with Crippen LogP contribution in [0.1, 0.15) is 53.6 Å². The van der Waals surface area contributed by atoms with E-state index in [-0.39, 0.29) is 16.1 Å². The molecular formula is C20H21ClF3NOS. The Morgan fingerprint density at radius 1 is 1.26 bits per heavy atom. The molecule has 0 fully saturated rings. The Kier molecular flexibility index (Phi) is 5.34. The van der Waals surface area contributed by atoms with Gasteiger partial charge in [0.15, 0.2) is 0 Å². The monoisotopic (exact) mass is 415 g/mol. The second-order valence-electron chi connectivity index (χ2n) is 8.00. The number of fused-ring (bicyclic) bond motifs is 1. The van der Waals surface area contributed by atoms with E-state index in [4.69, 9.17) is 11.6 Å². The molecule has 7 heteroatoms. The minimum Gasteiger partial charge on any atom is -0.321 e. The summed E-state index contributed by atoms with van der Waals surface area (Å²) in [7, 11) is 0. The second-order valence-corrected chi connectivity index (χ2v) is 9.40. The number of hydrogen-bond donors (Lipinski definition) is 1. The molecule has 146 valence electrons. The molecule has 1 amide bonds. The number of benzene rings is 1. The molecule has 0 saturated carbocycles. The molecule has 1 N–H and O–H groups in total. The average molecular weight is 416 g/mol. The van der Waals surface area contributed by atoms with Crippen LogP contribution in [0.5, 0.6) is 0 Å². The van der Waals surface area contributed by atoms with Gasteiger partial charge in [0.05, 0.1) is 16.8 Å². The average Bonchev–Trinajstić information content (AvgIpc) is 2.98. The van der Waals surface area contributed by atoms with E-state index >= 15 is 0 Å². The van der Waals surface area contributed by atoms with Crippen LogP contribution in [0.15, 0.2) is 23.6 Å². The van der Waals surface area contributed by atoms with Crippen molar-refractivity contribution < 1.29 is 18.0 Å². The number of hydrogen-bond acceptors (Lipinski definition) is 2. The first-order valence-electron chi connectivity index (χ1n) is 8.74. The van der Waals surface area contributed by atoms with E-state index in [9.17, 15) is 18.0 Å². The van der Waals surface area contributed by atoms with Crippen molar-refractivity contribution in [3.05, 3.63) is 50.2 Å². The predicted molar refractivity (Wildman–Crippen MR) is 104 cm³/mol. The van der Waals surface area contributed by atoms with Crippen LogP contribution in [0.3, 0.4) is 0 Å². The Labute approximate surface area is 165 Å². The Hall–Kier alpha value is -1.53. The van der Waals surface area contributed by atoms with Gasteiger partial charge in [0.2, 0.25) is 0 Å². The van der Waals surface area contributed by atoms with Gasteiger partial charge in [0.1, 0.15) is 0 Å². The first-order chi connectivity index (χ1) is 12.5. The Morgan fingerprint density at radius 2 is 1.96 bits per heavy atom. The van der Waals surface area contributed by atoms with Crippen molar-refractivity contribution in [1.29, 1.82) is 0 Å². The Bertz CT molecular complexity index is 867. The van der Waals surface area contributed by atoms with Crippen LogP contribution in [-0.2, 0) is 19.0 Å². The fourth-order valence-corrected chi connectivity index (χ4v) is 4.82. The molecule has 0 aliphatic heterocycles. The van der Waals surface area contributed by atoms with Gasteiger partial charge in [0, 0.05) is 15.3 Å². The summed E-state index contributed by atoms with van der Waals surface area (Å²) < 4.78 is 39.7. The van der Waals surface area contributed by atoms with Crippen LogP contribution in [0, 0.1) is 11.3 Å². The number of amides is 1. The highest BCUT2D eigenvalue weighted by Crippen LogP contribution is 2.41. The van der Waals surface area contributed by atoms with Crippen LogP contribution >= 0.6 is 22.9 Å². The van der Waals surface area contributed by atoms with Gasteiger partial charge in [-0.25, -0.2) is 0 Å². The third-order valence-corrected chi connectivity index (χ3v) is 6.45. The number of carbonyl (C=O) groups excluding carboxylic acids is 1. The van der Waals surface area contributed by atoms with Gasteiger partial charge in [-0.05, 0) is 54.4 Å². The van der Waals surface area contributed by atoms with Gasteiger partial charge in [-0.3, -0.25) is 4.79 Å². The summed E-state index contributed by atoms with van der Waals surface area (Å²) in [6.45, 7) is 6.63. The van der Waals surface area contributed by atoms with Crippen molar-refractivity contribution in [1.82, 2.24) is 0 Å². The van der Waals surface area contributed by atoms with E-state index in [1.165, 1.54) is 28.3 Å². The maximum absolute atomic E-state index is 13.2. The minimum absolute atomic E-state index is 0.0264. The topological polar surface area (TPSA) is 29.1 Å². The van der Waals surface area contributed by atoms with E-state index in [0.717, 1.165) is 30.9 Å². The summed E-state index contributed by atoms with van der Waals surface area (Å²) in [5, 5.41) is 4.16. The lowest BCUT2D eigenvalue weighted by Crippen LogP contribution is -2.27. The molecule has 3 rings (SSSR count). The lowest BCUT2D eigenvalue weighted by molar-refractivity contribution is -0.136. The molecule has 0 bridgehead atoms. The van der Waals surface area contributed by atoms with Crippen molar-refractivity contribution in [2.24, 2.45) is 11.3 Å². The van der Waals surface area contributed by atoms with Crippen LogP contribution in [0.25, 0.3) is 0 Å². The van der Waals surface area contributed by atoms with Crippen molar-refractivity contribution >= 4 is 34.5 Å². The summed E-state index contributed by atoms with van der Waals surface area (Å²) in [6, 6.07) is 3.36. The van der Waals surface area contributed by atoms with Gasteiger partial charge < -0.3 is 5.32 Å². The third-order valence-electron chi connectivity index (χ3n) is 5.16. The van der Waals surface area contributed by atoms with Crippen molar-refractivity contribution in [3.63, 3.8) is 0 Å². The first kappa shape index (κ1) is 20.2. The number of anilines is 1.